The van der Waals surface area contributed by atoms with Crippen molar-refractivity contribution in [2.75, 3.05) is 0 Å². The van der Waals surface area contributed by atoms with Crippen molar-refractivity contribution in [3.05, 3.63) is 41.2 Å². The normalized spacial score (nSPS) is 10.5. The van der Waals surface area contributed by atoms with Crippen molar-refractivity contribution < 1.29 is 4.79 Å². The topological polar surface area (TPSA) is 60.7 Å². The number of halogens is 1. The van der Waals surface area contributed by atoms with Crippen molar-refractivity contribution in [3.63, 3.8) is 0 Å². The molecular formula is C11H11ClN4O. The summed E-state index contributed by atoms with van der Waals surface area (Å²) in [6, 6.07) is 1.61. The molecule has 2 aromatic heterocycles. The van der Waals surface area contributed by atoms with E-state index in [4.69, 9.17) is 11.6 Å². The number of carbonyl (C=O) groups is 1. The Labute approximate surface area is 103 Å². The maximum absolute atomic E-state index is 12.0. The molecule has 0 aliphatic heterocycles. The Morgan fingerprint density at radius 3 is 3.06 bits per heavy atom. The van der Waals surface area contributed by atoms with Crippen LogP contribution in [0.25, 0.3) is 0 Å². The van der Waals surface area contributed by atoms with Gasteiger partial charge >= 0.3 is 0 Å². The fourth-order valence-electron chi connectivity index (χ4n) is 1.53. The van der Waals surface area contributed by atoms with Crippen LogP contribution in [0.2, 0.25) is 5.02 Å². The minimum Gasteiger partial charge on any atom is -0.294 e. The zero-order chi connectivity index (χ0) is 12.3. The Kier molecular flexibility index (Phi) is 3.49. The van der Waals surface area contributed by atoms with E-state index in [1.807, 2.05) is 6.92 Å². The van der Waals surface area contributed by atoms with Gasteiger partial charge in [-0.1, -0.05) is 11.6 Å². The smallest absolute Gasteiger partial charge is 0.172 e. The van der Waals surface area contributed by atoms with Gasteiger partial charge in [0.25, 0.3) is 0 Å². The molecule has 88 valence electrons. The zero-order valence-corrected chi connectivity index (χ0v) is 10.1. The third kappa shape index (κ3) is 2.50. The fourth-order valence-corrected chi connectivity index (χ4v) is 1.75. The number of aromatic nitrogens is 4. The molecule has 0 unspecified atom stereocenters. The highest BCUT2D eigenvalue weighted by Crippen LogP contribution is 2.15. The summed E-state index contributed by atoms with van der Waals surface area (Å²) in [6.45, 7) is 2.63. The van der Waals surface area contributed by atoms with Crippen LogP contribution in [0.15, 0.2) is 24.8 Å². The maximum Gasteiger partial charge on any atom is 0.172 e. The van der Waals surface area contributed by atoms with E-state index in [1.54, 1.807) is 16.9 Å². The van der Waals surface area contributed by atoms with Gasteiger partial charge in [0.1, 0.15) is 12.2 Å². The van der Waals surface area contributed by atoms with E-state index in [9.17, 15) is 4.79 Å². The van der Waals surface area contributed by atoms with Crippen LogP contribution < -0.4 is 0 Å². The summed E-state index contributed by atoms with van der Waals surface area (Å²) in [5.74, 6) is 0.561. The number of aryl methyl sites for hydroxylation is 1. The van der Waals surface area contributed by atoms with Crippen LogP contribution >= 0.6 is 11.6 Å². The van der Waals surface area contributed by atoms with E-state index in [0.717, 1.165) is 0 Å². The van der Waals surface area contributed by atoms with Gasteiger partial charge in [0.15, 0.2) is 5.78 Å². The van der Waals surface area contributed by atoms with Crippen LogP contribution in [0.1, 0.15) is 23.1 Å². The molecule has 0 aliphatic rings. The predicted molar refractivity (Wildman–Crippen MR) is 63.0 cm³/mol. The largest absolute Gasteiger partial charge is 0.294 e. The zero-order valence-electron chi connectivity index (χ0n) is 9.30. The number of rotatable bonds is 4. The summed E-state index contributed by atoms with van der Waals surface area (Å²) in [5, 5.41) is 4.37. The van der Waals surface area contributed by atoms with Crippen molar-refractivity contribution in [1.29, 1.82) is 0 Å². The van der Waals surface area contributed by atoms with Crippen molar-refractivity contribution in [2.45, 2.75) is 19.9 Å². The van der Waals surface area contributed by atoms with E-state index in [-0.39, 0.29) is 12.2 Å². The minimum atomic E-state index is -0.0832. The molecule has 0 atom stereocenters. The Balaban J connectivity index is 2.20. The maximum atomic E-state index is 12.0. The molecule has 2 aromatic rings. The molecule has 5 nitrogen and oxygen atoms in total. The second-order valence-electron chi connectivity index (χ2n) is 3.45. The lowest BCUT2D eigenvalue weighted by Gasteiger charge is -2.03. The van der Waals surface area contributed by atoms with Crippen molar-refractivity contribution in [1.82, 2.24) is 19.7 Å². The quantitative estimate of drug-likeness (QED) is 0.776. The number of Topliss-reactive ketones (excluding diaryl/α,β-unsaturated/α-hetero) is 1. The number of hydrogen-bond donors (Lipinski definition) is 0. The molecule has 0 N–H and O–H groups in total. The molecule has 0 saturated heterocycles. The highest BCUT2D eigenvalue weighted by atomic mass is 35.5. The van der Waals surface area contributed by atoms with Crippen LogP contribution in [-0.4, -0.2) is 25.5 Å². The van der Waals surface area contributed by atoms with E-state index in [2.05, 4.69) is 15.1 Å². The average molecular weight is 251 g/mol. The number of nitrogens with zero attached hydrogens (tertiary/aromatic N) is 4. The van der Waals surface area contributed by atoms with E-state index in [1.165, 1.54) is 12.5 Å². The standard InChI is InChI=1S/C11H11ClN4O/c1-2-16-11(14-7-15-16)5-10(17)8-3-4-13-6-9(8)12/h3-4,6-7H,2,5H2,1H3. The highest BCUT2D eigenvalue weighted by Gasteiger charge is 2.14. The first-order chi connectivity index (χ1) is 8.22. The summed E-state index contributed by atoms with van der Waals surface area (Å²) >= 11 is 5.91. The van der Waals surface area contributed by atoms with Crippen molar-refractivity contribution in [2.24, 2.45) is 0 Å². The fraction of sp³-hybridized carbons (Fsp3) is 0.273. The molecule has 0 saturated carbocycles. The lowest BCUT2D eigenvalue weighted by atomic mass is 10.1. The third-order valence-electron chi connectivity index (χ3n) is 2.39. The van der Waals surface area contributed by atoms with Crippen LogP contribution in [0, 0.1) is 0 Å². The number of pyridine rings is 1. The van der Waals surface area contributed by atoms with Gasteiger partial charge in [0.05, 0.1) is 11.4 Å². The molecule has 0 spiro atoms. The second kappa shape index (κ2) is 5.05. The Morgan fingerprint density at radius 1 is 1.53 bits per heavy atom. The molecule has 2 rings (SSSR count). The van der Waals surface area contributed by atoms with Gasteiger partial charge in [0, 0.05) is 24.5 Å². The molecule has 0 radical (unpaired) electrons. The second-order valence-corrected chi connectivity index (χ2v) is 3.85. The van der Waals surface area contributed by atoms with E-state index >= 15 is 0 Å². The summed E-state index contributed by atoms with van der Waals surface area (Å²) in [5.41, 5.74) is 0.465. The molecule has 0 aromatic carbocycles. The molecule has 6 heteroatoms. The molecule has 17 heavy (non-hydrogen) atoms. The Morgan fingerprint density at radius 2 is 2.35 bits per heavy atom. The molecule has 0 fully saturated rings. The van der Waals surface area contributed by atoms with Crippen molar-refractivity contribution >= 4 is 17.4 Å². The highest BCUT2D eigenvalue weighted by molar-refractivity contribution is 6.33. The molecule has 0 bridgehead atoms. The van der Waals surface area contributed by atoms with Crippen LogP contribution in [0.4, 0.5) is 0 Å². The van der Waals surface area contributed by atoms with E-state index in [0.29, 0.717) is 23.0 Å². The van der Waals surface area contributed by atoms with Gasteiger partial charge in [-0.2, -0.15) is 5.10 Å². The minimum absolute atomic E-state index is 0.0832. The first kappa shape index (κ1) is 11.7. The Bertz CT molecular complexity index is 538. The predicted octanol–water partition coefficient (Wildman–Crippen LogP) is 1.77. The number of carbonyl (C=O) groups excluding carboxylic acids is 1. The summed E-state index contributed by atoms with van der Waals surface area (Å²) in [7, 11) is 0. The molecule has 0 amide bonds. The summed E-state index contributed by atoms with van der Waals surface area (Å²) < 4.78 is 1.69. The van der Waals surface area contributed by atoms with Gasteiger partial charge in [-0.05, 0) is 13.0 Å². The van der Waals surface area contributed by atoms with Crippen LogP contribution in [-0.2, 0) is 13.0 Å². The molecule has 2 heterocycles. The first-order valence-electron chi connectivity index (χ1n) is 5.21. The van der Waals surface area contributed by atoms with Crippen molar-refractivity contribution in [3.8, 4) is 0 Å². The monoisotopic (exact) mass is 250 g/mol. The van der Waals surface area contributed by atoms with Gasteiger partial charge in [-0.15, -0.1) is 0 Å². The van der Waals surface area contributed by atoms with Gasteiger partial charge < -0.3 is 0 Å². The third-order valence-corrected chi connectivity index (χ3v) is 2.69. The summed E-state index contributed by atoms with van der Waals surface area (Å²) in [4.78, 5) is 19.9. The SMILES string of the molecule is CCn1ncnc1CC(=O)c1ccncc1Cl. The Hall–Kier alpha value is -1.75. The van der Waals surface area contributed by atoms with Crippen LogP contribution in [0.3, 0.4) is 0 Å². The molecular weight excluding hydrogens is 240 g/mol. The van der Waals surface area contributed by atoms with Gasteiger partial charge in [-0.25, -0.2) is 9.67 Å². The van der Waals surface area contributed by atoms with Gasteiger partial charge in [0.2, 0.25) is 0 Å². The number of ketones is 1. The summed E-state index contributed by atoms with van der Waals surface area (Å²) in [6.07, 6.45) is 4.64. The number of hydrogen-bond acceptors (Lipinski definition) is 4. The molecule has 0 aliphatic carbocycles. The van der Waals surface area contributed by atoms with Gasteiger partial charge in [-0.3, -0.25) is 9.78 Å². The van der Waals surface area contributed by atoms with Crippen LogP contribution in [0.5, 0.6) is 0 Å². The lowest BCUT2D eigenvalue weighted by Crippen LogP contribution is -2.11. The van der Waals surface area contributed by atoms with E-state index < -0.39 is 0 Å². The first-order valence-corrected chi connectivity index (χ1v) is 5.59. The lowest BCUT2D eigenvalue weighted by molar-refractivity contribution is 0.0989. The average Bonchev–Trinajstić information content (AvgIpc) is 2.76.